The molecule has 1 aromatic heterocycles. The van der Waals surface area contributed by atoms with E-state index in [1.165, 1.54) is 0 Å². The summed E-state index contributed by atoms with van der Waals surface area (Å²) < 4.78 is 12.0. The first-order valence-electron chi connectivity index (χ1n) is 9.68. The zero-order valence-electron chi connectivity index (χ0n) is 16.9. The number of aryl methyl sites for hydroxylation is 1. The van der Waals surface area contributed by atoms with Gasteiger partial charge in [-0.3, -0.25) is 19.6 Å². The monoisotopic (exact) mass is 416 g/mol. The Bertz CT molecular complexity index is 932. The van der Waals surface area contributed by atoms with Gasteiger partial charge in [0.2, 0.25) is 0 Å². The fourth-order valence-corrected chi connectivity index (χ4v) is 3.32. The van der Waals surface area contributed by atoms with Gasteiger partial charge in [-0.2, -0.15) is 5.10 Å². The van der Waals surface area contributed by atoms with Crippen LogP contribution >= 0.6 is 0 Å². The Hall–Kier alpha value is -3.27. The van der Waals surface area contributed by atoms with Gasteiger partial charge >= 0.3 is 11.7 Å². The molecule has 0 unspecified atom stereocenters. The van der Waals surface area contributed by atoms with Crippen molar-refractivity contribution in [2.45, 2.75) is 39.3 Å². The SMILES string of the molecule is Cc1nn(Cc2ccc(C(=O)OCC(=O)NC[C@@H]3CCCO3)cc2)c(C)c1[N+](=O)[O-]. The lowest BCUT2D eigenvalue weighted by Crippen LogP contribution is -2.34. The van der Waals surface area contributed by atoms with Gasteiger partial charge in [-0.15, -0.1) is 0 Å². The van der Waals surface area contributed by atoms with Gasteiger partial charge < -0.3 is 14.8 Å². The Labute approximate surface area is 173 Å². The molecule has 1 aliphatic heterocycles. The topological polar surface area (TPSA) is 126 Å². The van der Waals surface area contributed by atoms with E-state index in [1.54, 1.807) is 42.8 Å². The third kappa shape index (κ3) is 5.20. The van der Waals surface area contributed by atoms with Crippen LogP contribution in [0.1, 0.15) is 40.2 Å². The minimum absolute atomic E-state index is 0.00738. The second kappa shape index (κ2) is 9.49. The number of esters is 1. The number of carbonyl (C=O) groups is 2. The summed E-state index contributed by atoms with van der Waals surface area (Å²) in [6, 6.07) is 6.61. The van der Waals surface area contributed by atoms with Crippen molar-refractivity contribution in [3.63, 3.8) is 0 Å². The number of aromatic nitrogens is 2. The normalized spacial score (nSPS) is 15.7. The number of ether oxygens (including phenoxy) is 2. The van der Waals surface area contributed by atoms with Crippen molar-refractivity contribution in [1.29, 1.82) is 0 Å². The van der Waals surface area contributed by atoms with Gasteiger partial charge in [0.1, 0.15) is 11.4 Å². The molecule has 2 aromatic rings. The van der Waals surface area contributed by atoms with Crippen LogP contribution in [0.3, 0.4) is 0 Å². The predicted molar refractivity (Wildman–Crippen MR) is 106 cm³/mol. The van der Waals surface area contributed by atoms with Crippen molar-refractivity contribution in [1.82, 2.24) is 15.1 Å². The molecule has 1 N–H and O–H groups in total. The predicted octanol–water partition coefficient (Wildman–Crippen LogP) is 1.91. The molecule has 1 aromatic carbocycles. The molecule has 0 radical (unpaired) electrons. The zero-order valence-corrected chi connectivity index (χ0v) is 16.9. The van der Waals surface area contributed by atoms with Gasteiger partial charge in [0, 0.05) is 13.2 Å². The van der Waals surface area contributed by atoms with Crippen LogP contribution in [0.2, 0.25) is 0 Å². The molecule has 3 rings (SSSR count). The summed E-state index contributed by atoms with van der Waals surface area (Å²) in [6.45, 7) is 4.34. The number of nitrogens with one attached hydrogen (secondary N) is 1. The summed E-state index contributed by atoms with van der Waals surface area (Å²) in [5.41, 5.74) is 1.96. The lowest BCUT2D eigenvalue weighted by molar-refractivity contribution is -0.386. The summed E-state index contributed by atoms with van der Waals surface area (Å²) in [7, 11) is 0. The van der Waals surface area contributed by atoms with Crippen molar-refractivity contribution in [2.75, 3.05) is 19.8 Å². The van der Waals surface area contributed by atoms with Crippen LogP contribution in [0, 0.1) is 24.0 Å². The molecule has 0 spiro atoms. The standard InChI is InChI=1S/C20H24N4O6/c1-13-19(24(27)28)14(2)23(22-13)11-15-5-7-16(8-6-15)20(26)30-12-18(25)21-10-17-4-3-9-29-17/h5-8,17H,3-4,9-12H2,1-2H3,(H,21,25)/t17-/m0/s1. The Morgan fingerprint density at radius 1 is 1.33 bits per heavy atom. The molecule has 10 heteroatoms. The number of rotatable bonds is 8. The average Bonchev–Trinajstić information content (AvgIpc) is 3.33. The average molecular weight is 416 g/mol. The molecular weight excluding hydrogens is 392 g/mol. The molecule has 1 fully saturated rings. The van der Waals surface area contributed by atoms with Crippen LogP contribution < -0.4 is 5.32 Å². The van der Waals surface area contributed by atoms with Crippen LogP contribution in [0.25, 0.3) is 0 Å². The molecule has 0 bridgehead atoms. The van der Waals surface area contributed by atoms with Gasteiger partial charge in [-0.05, 0) is 44.4 Å². The third-order valence-corrected chi connectivity index (χ3v) is 4.93. The number of carbonyl (C=O) groups excluding carboxylic acids is 2. The Morgan fingerprint density at radius 3 is 2.67 bits per heavy atom. The molecule has 0 aliphatic carbocycles. The molecule has 1 saturated heterocycles. The van der Waals surface area contributed by atoms with Gasteiger partial charge in [0.05, 0.1) is 23.1 Å². The highest BCUT2D eigenvalue weighted by molar-refractivity contribution is 5.91. The van der Waals surface area contributed by atoms with Crippen LogP contribution in [0.4, 0.5) is 5.69 Å². The Kier molecular flexibility index (Phi) is 6.78. The molecule has 2 heterocycles. The summed E-state index contributed by atoms with van der Waals surface area (Å²) in [6.07, 6.45) is 1.93. The van der Waals surface area contributed by atoms with Gasteiger partial charge in [-0.25, -0.2) is 4.79 Å². The first-order valence-corrected chi connectivity index (χ1v) is 9.68. The van der Waals surface area contributed by atoms with Gasteiger partial charge in [0.15, 0.2) is 6.61 Å². The van der Waals surface area contributed by atoms with Crippen molar-refractivity contribution >= 4 is 17.6 Å². The maximum Gasteiger partial charge on any atom is 0.338 e. The molecule has 30 heavy (non-hydrogen) atoms. The van der Waals surface area contributed by atoms with E-state index in [2.05, 4.69) is 10.4 Å². The second-order valence-corrected chi connectivity index (χ2v) is 7.15. The second-order valence-electron chi connectivity index (χ2n) is 7.15. The van der Waals surface area contributed by atoms with E-state index in [0.29, 0.717) is 36.6 Å². The van der Waals surface area contributed by atoms with E-state index < -0.39 is 10.9 Å². The van der Waals surface area contributed by atoms with Crippen LogP contribution in [-0.2, 0) is 20.8 Å². The number of nitro groups is 1. The number of hydrogen-bond donors (Lipinski definition) is 1. The quantitative estimate of drug-likeness (QED) is 0.396. The van der Waals surface area contributed by atoms with Crippen molar-refractivity contribution in [3.8, 4) is 0 Å². The first-order chi connectivity index (χ1) is 14.3. The minimum Gasteiger partial charge on any atom is -0.452 e. The number of amides is 1. The van der Waals surface area contributed by atoms with Crippen LogP contribution in [0.15, 0.2) is 24.3 Å². The molecule has 0 saturated carbocycles. The minimum atomic E-state index is -0.601. The zero-order chi connectivity index (χ0) is 21.7. The van der Waals surface area contributed by atoms with E-state index in [9.17, 15) is 19.7 Å². The van der Waals surface area contributed by atoms with Crippen LogP contribution in [0.5, 0.6) is 0 Å². The maximum absolute atomic E-state index is 12.1. The molecule has 160 valence electrons. The highest BCUT2D eigenvalue weighted by atomic mass is 16.6. The summed E-state index contributed by atoms with van der Waals surface area (Å²) in [4.78, 5) is 34.6. The van der Waals surface area contributed by atoms with E-state index >= 15 is 0 Å². The van der Waals surface area contributed by atoms with Gasteiger partial charge in [-0.1, -0.05) is 12.1 Å². The molecular formula is C20H24N4O6. The molecule has 1 atom stereocenters. The maximum atomic E-state index is 12.1. The molecule has 1 amide bonds. The molecule has 1 aliphatic rings. The highest BCUT2D eigenvalue weighted by Gasteiger charge is 2.22. The number of hydrogen-bond acceptors (Lipinski definition) is 7. The first kappa shape index (κ1) is 21.4. The smallest absolute Gasteiger partial charge is 0.338 e. The Morgan fingerprint density at radius 2 is 2.07 bits per heavy atom. The summed E-state index contributed by atoms with van der Waals surface area (Å²) >= 11 is 0. The Balaban J connectivity index is 1.51. The fourth-order valence-electron chi connectivity index (χ4n) is 3.32. The number of nitrogens with zero attached hydrogens (tertiary/aromatic N) is 3. The lowest BCUT2D eigenvalue weighted by Gasteiger charge is -2.11. The lowest BCUT2D eigenvalue weighted by atomic mass is 10.1. The summed E-state index contributed by atoms with van der Waals surface area (Å²) in [5.74, 6) is -0.975. The van der Waals surface area contributed by atoms with E-state index in [-0.39, 0.29) is 24.3 Å². The van der Waals surface area contributed by atoms with E-state index in [0.717, 1.165) is 18.4 Å². The largest absolute Gasteiger partial charge is 0.452 e. The number of benzene rings is 1. The fraction of sp³-hybridized carbons (Fsp3) is 0.450. The highest BCUT2D eigenvalue weighted by Crippen LogP contribution is 2.22. The third-order valence-electron chi connectivity index (χ3n) is 4.93. The van der Waals surface area contributed by atoms with Crippen molar-refractivity contribution in [3.05, 3.63) is 56.9 Å². The summed E-state index contributed by atoms with van der Waals surface area (Å²) in [5, 5.41) is 18.0. The van der Waals surface area contributed by atoms with Crippen molar-refractivity contribution < 1.29 is 24.0 Å². The van der Waals surface area contributed by atoms with E-state index in [1.807, 2.05) is 0 Å². The van der Waals surface area contributed by atoms with Crippen molar-refractivity contribution in [2.24, 2.45) is 0 Å². The van der Waals surface area contributed by atoms with Gasteiger partial charge in [0.25, 0.3) is 5.91 Å². The molecule has 10 nitrogen and oxygen atoms in total. The van der Waals surface area contributed by atoms with Crippen LogP contribution in [-0.4, -0.2) is 52.4 Å². The van der Waals surface area contributed by atoms with E-state index in [4.69, 9.17) is 9.47 Å².